The van der Waals surface area contributed by atoms with Crippen LogP contribution >= 0.6 is 11.6 Å². The van der Waals surface area contributed by atoms with Crippen LogP contribution in [0.15, 0.2) is 12.1 Å². The third kappa shape index (κ3) is 3.22. The fraction of sp³-hybridized carbons (Fsp3) is 0.222. The Bertz CT molecular complexity index is 463. The molecule has 0 radical (unpaired) electrons. The smallest absolute Gasteiger partial charge is 0.312 e. The van der Waals surface area contributed by atoms with Gasteiger partial charge in [0.1, 0.15) is 5.75 Å². The summed E-state index contributed by atoms with van der Waals surface area (Å²) in [4.78, 5) is 20.6. The van der Waals surface area contributed by atoms with Crippen LogP contribution in [0.25, 0.3) is 0 Å². The molecular weight excluding hydrogens is 252 g/mol. The summed E-state index contributed by atoms with van der Waals surface area (Å²) in [7, 11) is 1.35. The van der Waals surface area contributed by atoms with Gasteiger partial charge in [-0.3, -0.25) is 14.9 Å². The molecule has 0 aliphatic rings. The molecule has 17 heavy (non-hydrogen) atoms. The quantitative estimate of drug-likeness (QED) is 0.631. The molecule has 1 aromatic rings. The summed E-state index contributed by atoms with van der Waals surface area (Å²) < 4.78 is 9.78. The molecule has 1 aromatic carbocycles. The zero-order valence-electron chi connectivity index (χ0n) is 8.81. The van der Waals surface area contributed by atoms with Crippen LogP contribution in [0.1, 0.15) is 0 Å². The molecule has 0 saturated carbocycles. The molecule has 0 fully saturated rings. The number of carbonyl (C=O) groups excluding carboxylic acids is 1. The molecule has 7 nitrogen and oxygen atoms in total. The average Bonchev–Trinajstić information content (AvgIpc) is 2.26. The number of hydrogen-bond acceptors (Lipinski definition) is 5. The third-order valence-corrected chi connectivity index (χ3v) is 2.10. The van der Waals surface area contributed by atoms with Crippen molar-refractivity contribution < 1.29 is 19.2 Å². The van der Waals surface area contributed by atoms with Gasteiger partial charge in [0.15, 0.2) is 6.61 Å². The number of primary amides is 1. The lowest BCUT2D eigenvalue weighted by atomic mass is 10.3. The number of carbonyl (C=O) groups is 1. The fourth-order valence-electron chi connectivity index (χ4n) is 1.09. The molecule has 92 valence electrons. The van der Waals surface area contributed by atoms with Gasteiger partial charge in [-0.2, -0.15) is 0 Å². The maximum atomic E-state index is 10.7. The van der Waals surface area contributed by atoms with Crippen LogP contribution in [-0.2, 0) is 4.79 Å². The Kier molecular flexibility index (Phi) is 4.11. The largest absolute Gasteiger partial charge is 0.495 e. The summed E-state index contributed by atoms with van der Waals surface area (Å²) in [5, 5.41) is 10.8. The van der Waals surface area contributed by atoms with Gasteiger partial charge in [0, 0.05) is 12.1 Å². The number of benzene rings is 1. The molecule has 0 bridgehead atoms. The zero-order valence-corrected chi connectivity index (χ0v) is 9.56. The normalized spacial score (nSPS) is 9.76. The summed E-state index contributed by atoms with van der Waals surface area (Å²) in [6, 6.07) is 2.31. The number of halogens is 1. The number of rotatable bonds is 5. The van der Waals surface area contributed by atoms with E-state index in [-0.39, 0.29) is 22.2 Å². The highest BCUT2D eigenvalue weighted by atomic mass is 35.5. The first-order chi connectivity index (χ1) is 7.95. The van der Waals surface area contributed by atoms with E-state index in [4.69, 9.17) is 26.8 Å². The maximum absolute atomic E-state index is 10.7. The van der Waals surface area contributed by atoms with Crippen LogP contribution in [0.4, 0.5) is 5.69 Å². The van der Waals surface area contributed by atoms with Gasteiger partial charge in [-0.15, -0.1) is 0 Å². The predicted molar refractivity (Wildman–Crippen MR) is 59.3 cm³/mol. The van der Waals surface area contributed by atoms with Crippen molar-refractivity contribution in [2.45, 2.75) is 0 Å². The highest BCUT2D eigenvalue weighted by Gasteiger charge is 2.19. The maximum Gasteiger partial charge on any atom is 0.312 e. The van der Waals surface area contributed by atoms with Crippen molar-refractivity contribution in [1.29, 1.82) is 0 Å². The summed E-state index contributed by atoms with van der Waals surface area (Å²) in [6.07, 6.45) is 0. The van der Waals surface area contributed by atoms with Gasteiger partial charge < -0.3 is 15.2 Å². The van der Waals surface area contributed by atoms with Gasteiger partial charge in [-0.05, 0) is 0 Å². The number of hydrogen-bond donors (Lipinski definition) is 1. The van der Waals surface area contributed by atoms with E-state index in [0.717, 1.165) is 6.07 Å². The molecule has 0 saturated heterocycles. The van der Waals surface area contributed by atoms with Crippen LogP contribution in [-0.4, -0.2) is 24.5 Å². The van der Waals surface area contributed by atoms with Crippen molar-refractivity contribution in [2.75, 3.05) is 13.7 Å². The van der Waals surface area contributed by atoms with Crippen LogP contribution in [0.2, 0.25) is 5.02 Å². The Morgan fingerprint density at radius 1 is 1.53 bits per heavy atom. The molecule has 1 amide bonds. The first-order valence-electron chi connectivity index (χ1n) is 4.38. The van der Waals surface area contributed by atoms with Crippen molar-refractivity contribution in [3.8, 4) is 11.5 Å². The lowest BCUT2D eigenvalue weighted by molar-refractivity contribution is -0.385. The predicted octanol–water partition coefficient (Wildman–Crippen LogP) is 1.12. The number of ether oxygens (including phenoxy) is 2. The number of nitrogens with zero attached hydrogens (tertiary/aromatic N) is 1. The van der Waals surface area contributed by atoms with Crippen LogP contribution in [0, 0.1) is 10.1 Å². The van der Waals surface area contributed by atoms with E-state index >= 15 is 0 Å². The highest BCUT2D eigenvalue weighted by molar-refractivity contribution is 6.32. The van der Waals surface area contributed by atoms with Gasteiger partial charge in [0.05, 0.1) is 17.1 Å². The monoisotopic (exact) mass is 260 g/mol. The summed E-state index contributed by atoms with van der Waals surface area (Å²) >= 11 is 5.73. The summed E-state index contributed by atoms with van der Waals surface area (Å²) in [5.41, 5.74) is 4.51. The van der Waals surface area contributed by atoms with Gasteiger partial charge in [0.2, 0.25) is 5.75 Å². The fourth-order valence-corrected chi connectivity index (χ4v) is 1.32. The second-order valence-electron chi connectivity index (χ2n) is 2.97. The Hall–Kier alpha value is -2.02. The summed E-state index contributed by atoms with van der Waals surface area (Å²) in [5.74, 6) is -0.667. The minimum absolute atomic E-state index is 0.0747. The van der Waals surface area contributed by atoms with Gasteiger partial charge in [-0.25, -0.2) is 0 Å². The second-order valence-corrected chi connectivity index (χ2v) is 3.37. The van der Waals surface area contributed by atoms with E-state index in [0.29, 0.717) is 0 Å². The van der Waals surface area contributed by atoms with E-state index in [1.807, 2.05) is 0 Å². The lowest BCUT2D eigenvalue weighted by Gasteiger charge is -2.08. The van der Waals surface area contributed by atoms with E-state index in [1.165, 1.54) is 13.2 Å². The first kappa shape index (κ1) is 13.0. The first-order valence-corrected chi connectivity index (χ1v) is 4.76. The second kappa shape index (κ2) is 5.35. The molecule has 0 aliphatic heterocycles. The molecular formula is C9H9ClN2O5. The number of nitro benzene ring substituents is 1. The molecule has 0 atom stereocenters. The minimum atomic E-state index is -0.742. The molecule has 0 heterocycles. The van der Waals surface area contributed by atoms with E-state index in [2.05, 4.69) is 0 Å². The van der Waals surface area contributed by atoms with Crippen molar-refractivity contribution >= 4 is 23.2 Å². The Morgan fingerprint density at radius 3 is 2.65 bits per heavy atom. The van der Waals surface area contributed by atoms with Crippen molar-refractivity contribution in [1.82, 2.24) is 0 Å². The van der Waals surface area contributed by atoms with E-state index in [9.17, 15) is 14.9 Å². The molecule has 8 heteroatoms. The topological polar surface area (TPSA) is 105 Å². The Balaban J connectivity index is 3.14. The number of methoxy groups -OCH3 is 1. The van der Waals surface area contributed by atoms with Gasteiger partial charge in [-0.1, -0.05) is 11.6 Å². The molecule has 1 rings (SSSR count). The highest BCUT2D eigenvalue weighted by Crippen LogP contribution is 2.37. The molecule has 0 spiro atoms. The van der Waals surface area contributed by atoms with Crippen molar-refractivity contribution in [3.05, 3.63) is 27.3 Å². The van der Waals surface area contributed by atoms with Crippen LogP contribution in [0.5, 0.6) is 11.5 Å². The van der Waals surface area contributed by atoms with Gasteiger partial charge >= 0.3 is 5.69 Å². The standard InChI is InChI=1S/C9H9ClN2O5/c1-16-7-3-8(17-4-9(11)13)6(12(14)15)2-5(7)10/h2-3H,4H2,1H3,(H2,11,13). The lowest BCUT2D eigenvalue weighted by Crippen LogP contribution is -2.20. The van der Waals surface area contributed by atoms with Gasteiger partial charge in [0.25, 0.3) is 5.91 Å². The van der Waals surface area contributed by atoms with Crippen molar-refractivity contribution in [2.24, 2.45) is 5.73 Å². The Morgan fingerprint density at radius 2 is 2.18 bits per heavy atom. The molecule has 0 aliphatic carbocycles. The molecule has 0 unspecified atom stereocenters. The van der Waals surface area contributed by atoms with E-state index < -0.39 is 17.4 Å². The number of nitrogens with two attached hydrogens (primary N) is 1. The van der Waals surface area contributed by atoms with E-state index in [1.54, 1.807) is 0 Å². The third-order valence-electron chi connectivity index (χ3n) is 1.80. The summed E-state index contributed by atoms with van der Waals surface area (Å²) in [6.45, 7) is -0.467. The van der Waals surface area contributed by atoms with Crippen molar-refractivity contribution in [3.63, 3.8) is 0 Å². The number of amides is 1. The average molecular weight is 261 g/mol. The zero-order chi connectivity index (χ0) is 13.0. The molecule has 0 aromatic heterocycles. The minimum Gasteiger partial charge on any atom is -0.495 e. The molecule has 2 N–H and O–H groups in total. The van der Waals surface area contributed by atoms with Crippen LogP contribution < -0.4 is 15.2 Å². The SMILES string of the molecule is COc1cc(OCC(N)=O)c([N+](=O)[O-])cc1Cl. The van der Waals surface area contributed by atoms with Crippen LogP contribution in [0.3, 0.4) is 0 Å². The Labute approximate surface area is 101 Å². The number of nitro groups is 1.